The van der Waals surface area contributed by atoms with Crippen LogP contribution < -0.4 is 5.56 Å². The molecule has 2 rings (SSSR count). The first-order chi connectivity index (χ1) is 11.0. The minimum Gasteiger partial charge on any atom is -0.392 e. The Balaban J connectivity index is 2.16. The molecule has 0 saturated heterocycles. The lowest BCUT2D eigenvalue weighted by Crippen LogP contribution is -2.33. The van der Waals surface area contributed by atoms with Crippen LogP contribution in [-0.4, -0.2) is 39.2 Å². The predicted octanol–water partition coefficient (Wildman–Crippen LogP) is 2.75. The van der Waals surface area contributed by atoms with Crippen LogP contribution in [0.2, 0.25) is 0 Å². The molecule has 0 aliphatic heterocycles. The van der Waals surface area contributed by atoms with E-state index in [1.165, 1.54) is 0 Å². The summed E-state index contributed by atoms with van der Waals surface area (Å²) >= 11 is 1.56. The van der Waals surface area contributed by atoms with E-state index in [4.69, 9.17) is 0 Å². The third-order valence-corrected chi connectivity index (χ3v) is 5.18. The molecule has 0 fully saturated rings. The van der Waals surface area contributed by atoms with Gasteiger partial charge in [0.05, 0.1) is 18.0 Å². The van der Waals surface area contributed by atoms with E-state index in [1.807, 2.05) is 26.8 Å². The number of aryl methyl sites for hydroxylation is 2. The molecule has 2 N–H and O–H groups in total. The fourth-order valence-corrected chi connectivity index (χ4v) is 3.64. The highest BCUT2D eigenvalue weighted by Gasteiger charge is 2.15. The van der Waals surface area contributed by atoms with Crippen molar-refractivity contribution in [1.82, 2.24) is 14.9 Å². The molecule has 0 aliphatic carbocycles. The van der Waals surface area contributed by atoms with Crippen molar-refractivity contribution in [1.29, 1.82) is 0 Å². The summed E-state index contributed by atoms with van der Waals surface area (Å²) in [4.78, 5) is 23.8. The number of hydrogen-bond donors (Lipinski definition) is 2. The highest BCUT2D eigenvalue weighted by Crippen LogP contribution is 2.25. The van der Waals surface area contributed by atoms with Crippen molar-refractivity contribution in [2.45, 2.75) is 46.3 Å². The average Bonchev–Trinajstić information content (AvgIpc) is 2.79. The maximum Gasteiger partial charge on any atom is 0.259 e. The van der Waals surface area contributed by atoms with Gasteiger partial charge in [0.15, 0.2) is 0 Å². The van der Waals surface area contributed by atoms with Crippen LogP contribution in [0.25, 0.3) is 10.2 Å². The van der Waals surface area contributed by atoms with Gasteiger partial charge in [-0.15, -0.1) is 17.9 Å². The Morgan fingerprint density at radius 3 is 2.87 bits per heavy atom. The molecule has 0 bridgehead atoms. The van der Waals surface area contributed by atoms with Gasteiger partial charge in [-0.3, -0.25) is 9.69 Å². The third kappa shape index (κ3) is 4.28. The van der Waals surface area contributed by atoms with Gasteiger partial charge in [0.25, 0.3) is 5.56 Å². The molecule has 0 radical (unpaired) electrons. The number of nitrogens with one attached hydrogen (secondary N) is 1. The van der Waals surface area contributed by atoms with Crippen LogP contribution in [0.5, 0.6) is 0 Å². The molecule has 5 nitrogen and oxygen atoms in total. The molecule has 0 aliphatic rings. The van der Waals surface area contributed by atoms with Gasteiger partial charge in [0, 0.05) is 11.4 Å². The zero-order valence-corrected chi connectivity index (χ0v) is 14.9. The van der Waals surface area contributed by atoms with Crippen LogP contribution in [0, 0.1) is 13.8 Å². The number of allylic oxidation sites excluding steroid dienone is 1. The molecule has 0 saturated carbocycles. The first-order valence-electron chi connectivity index (χ1n) is 7.96. The monoisotopic (exact) mass is 335 g/mol. The summed E-state index contributed by atoms with van der Waals surface area (Å²) < 4.78 is 0. The molecule has 23 heavy (non-hydrogen) atoms. The van der Waals surface area contributed by atoms with Gasteiger partial charge in [0.2, 0.25) is 0 Å². The minimum absolute atomic E-state index is 0.0740. The molecule has 126 valence electrons. The second kappa shape index (κ2) is 7.86. The Hall–Kier alpha value is -1.50. The van der Waals surface area contributed by atoms with Crippen LogP contribution in [0.3, 0.4) is 0 Å². The second-order valence-electron chi connectivity index (χ2n) is 5.82. The van der Waals surface area contributed by atoms with E-state index in [0.29, 0.717) is 30.7 Å². The van der Waals surface area contributed by atoms with Crippen LogP contribution in [0.1, 0.15) is 36.0 Å². The molecule has 2 aromatic rings. The van der Waals surface area contributed by atoms with Crippen LogP contribution >= 0.6 is 11.3 Å². The van der Waals surface area contributed by atoms with E-state index >= 15 is 0 Å². The number of aromatic nitrogens is 2. The van der Waals surface area contributed by atoms with Crippen molar-refractivity contribution in [3.63, 3.8) is 0 Å². The summed E-state index contributed by atoms with van der Waals surface area (Å²) in [6, 6.07) is 0. The lowest BCUT2D eigenvalue weighted by atomic mass is 10.2. The molecule has 1 atom stereocenters. The van der Waals surface area contributed by atoms with Gasteiger partial charge >= 0.3 is 0 Å². The molecular formula is C17H25N3O2S. The number of nitrogens with zero attached hydrogens (tertiary/aromatic N) is 2. The topological polar surface area (TPSA) is 69.2 Å². The van der Waals surface area contributed by atoms with Gasteiger partial charge in [-0.05, 0) is 38.8 Å². The number of aliphatic hydroxyl groups excluding tert-OH is 1. The van der Waals surface area contributed by atoms with Crippen LogP contribution in [0.15, 0.2) is 17.4 Å². The number of likely N-dealkylation sites (N-methyl/N-ethyl adjacent to an activating group) is 1. The van der Waals surface area contributed by atoms with E-state index in [-0.39, 0.29) is 5.56 Å². The number of aromatic amines is 1. The van der Waals surface area contributed by atoms with Crippen molar-refractivity contribution in [2.75, 3.05) is 13.1 Å². The molecule has 0 spiro atoms. The summed E-state index contributed by atoms with van der Waals surface area (Å²) in [6.45, 7) is 11.6. The average molecular weight is 335 g/mol. The van der Waals surface area contributed by atoms with Gasteiger partial charge in [-0.1, -0.05) is 13.0 Å². The third-order valence-electron chi connectivity index (χ3n) is 4.08. The Morgan fingerprint density at radius 2 is 2.22 bits per heavy atom. The van der Waals surface area contributed by atoms with Crippen LogP contribution in [-0.2, 0) is 6.54 Å². The molecule has 0 amide bonds. The van der Waals surface area contributed by atoms with Crippen molar-refractivity contribution in [3.8, 4) is 0 Å². The Bertz CT molecular complexity index is 735. The van der Waals surface area contributed by atoms with E-state index in [2.05, 4.69) is 21.4 Å². The zero-order chi connectivity index (χ0) is 17.0. The maximum absolute atomic E-state index is 12.3. The number of rotatable bonds is 8. The Morgan fingerprint density at radius 1 is 1.48 bits per heavy atom. The van der Waals surface area contributed by atoms with Crippen molar-refractivity contribution >= 4 is 21.6 Å². The zero-order valence-electron chi connectivity index (χ0n) is 14.1. The van der Waals surface area contributed by atoms with Crippen molar-refractivity contribution in [3.05, 3.63) is 39.3 Å². The van der Waals surface area contributed by atoms with Gasteiger partial charge in [-0.2, -0.15) is 0 Å². The van der Waals surface area contributed by atoms with Gasteiger partial charge in [-0.25, -0.2) is 4.98 Å². The molecule has 0 unspecified atom stereocenters. The molecule has 0 aromatic carbocycles. The first kappa shape index (κ1) is 17.8. The van der Waals surface area contributed by atoms with Gasteiger partial charge in [0.1, 0.15) is 10.7 Å². The minimum atomic E-state index is -0.394. The van der Waals surface area contributed by atoms with Crippen molar-refractivity contribution in [2.24, 2.45) is 0 Å². The summed E-state index contributed by atoms with van der Waals surface area (Å²) in [6.07, 6.45) is 2.92. The smallest absolute Gasteiger partial charge is 0.259 e. The molecular weight excluding hydrogens is 310 g/mol. The molecule has 6 heteroatoms. The largest absolute Gasteiger partial charge is 0.392 e. The van der Waals surface area contributed by atoms with Crippen molar-refractivity contribution < 1.29 is 5.11 Å². The highest BCUT2D eigenvalue weighted by molar-refractivity contribution is 7.18. The summed E-state index contributed by atoms with van der Waals surface area (Å²) in [7, 11) is 0. The fraction of sp³-hybridized carbons (Fsp3) is 0.529. The maximum atomic E-state index is 12.3. The quantitative estimate of drug-likeness (QED) is 0.728. The van der Waals surface area contributed by atoms with E-state index in [1.54, 1.807) is 11.3 Å². The van der Waals surface area contributed by atoms with Gasteiger partial charge < -0.3 is 10.1 Å². The summed E-state index contributed by atoms with van der Waals surface area (Å²) in [5.41, 5.74) is 0.938. The normalized spacial score (nSPS) is 12.9. The Labute approximate surface area is 140 Å². The fourth-order valence-electron chi connectivity index (χ4n) is 2.59. The first-order valence-corrected chi connectivity index (χ1v) is 8.78. The molecule has 2 aromatic heterocycles. The standard InChI is InChI=1S/C17H25N3O2S/c1-5-7-8-13(21)9-20(6-2)10-14-18-16(22)15-11(3)12(4)23-17(15)19-14/h5,13,21H,1,6-10H2,2-4H3,(H,18,19,22)/t13-/m0/s1. The Kier molecular flexibility index (Phi) is 6.10. The molecule has 2 heterocycles. The predicted molar refractivity (Wildman–Crippen MR) is 96.1 cm³/mol. The van der Waals surface area contributed by atoms with Crippen LogP contribution in [0.4, 0.5) is 0 Å². The second-order valence-corrected chi connectivity index (χ2v) is 7.03. The van der Waals surface area contributed by atoms with E-state index in [9.17, 15) is 9.90 Å². The number of H-pyrrole nitrogens is 1. The lowest BCUT2D eigenvalue weighted by Gasteiger charge is -2.22. The number of fused-ring (bicyclic) bond motifs is 1. The summed E-state index contributed by atoms with van der Waals surface area (Å²) in [5, 5.41) is 10.7. The van der Waals surface area contributed by atoms with E-state index in [0.717, 1.165) is 28.2 Å². The SMILES string of the molecule is C=CCC[C@H](O)CN(CC)Cc1nc2sc(C)c(C)c2c(=O)[nH]1. The lowest BCUT2D eigenvalue weighted by molar-refractivity contribution is 0.104. The number of hydrogen-bond acceptors (Lipinski definition) is 5. The highest BCUT2D eigenvalue weighted by atomic mass is 32.1. The number of aliphatic hydroxyl groups is 1. The number of thiophene rings is 1. The summed E-state index contributed by atoms with van der Waals surface area (Å²) in [5.74, 6) is 0.654. The van der Waals surface area contributed by atoms with E-state index < -0.39 is 6.10 Å².